The van der Waals surface area contributed by atoms with Crippen molar-refractivity contribution in [2.75, 3.05) is 36.0 Å². The number of amides is 5. The van der Waals surface area contributed by atoms with E-state index in [2.05, 4.69) is 70.0 Å². The van der Waals surface area contributed by atoms with E-state index in [0.717, 1.165) is 78.8 Å². The number of nitrogens with one attached hydrogen (secondary N) is 6. The van der Waals surface area contributed by atoms with Gasteiger partial charge in [0.25, 0.3) is 45.9 Å². The third kappa shape index (κ3) is 21.1. The second-order valence-corrected chi connectivity index (χ2v) is 34.6. The Morgan fingerprint density at radius 1 is 0.442 bits per heavy atom. The SMILES string of the molecule is CC(C)(C)OC(=O)Cn1c(=O)c(C(=O)NCc2ccc(Cl)cc2)cc2c(N)c(N)cnc21.CC1(C)CN(C(=O)Cn2c(=O)c(C(=O)NCc3ccc(Cl)cc3)cc3c4nc(C5CC5)[nH]c4cnc32)C1.Nc1cnc2c(cc(C(=O)NCc3ccc(Cl)cc3)c(=O)n2CC(=O)O)c1N.O=C(O)Cn1c(=O)c(C(=O)NCc2ccc(Cl)cc2)cc2c3nc(C4CC4)[nH]c3cnc21. The number of nitrogen functional groups attached to an aromatic ring is 4. The van der Waals surface area contributed by atoms with Crippen molar-refractivity contribution in [3.8, 4) is 0 Å². The number of benzene rings is 4. The molecular formula is C89H85Cl4N21O15. The average molecular weight is 1830 g/mol. The van der Waals surface area contributed by atoms with Crippen LogP contribution in [0.15, 0.2) is 165 Å². The van der Waals surface area contributed by atoms with Crippen LogP contribution in [0.25, 0.3) is 66.2 Å². The lowest BCUT2D eigenvalue weighted by atomic mass is 9.84. The zero-order valence-electron chi connectivity index (χ0n) is 69.9. The fourth-order valence-electron chi connectivity index (χ4n) is 14.3. The highest BCUT2D eigenvalue weighted by molar-refractivity contribution is 6.31. The van der Waals surface area contributed by atoms with Crippen LogP contribution in [0.3, 0.4) is 0 Å². The van der Waals surface area contributed by atoms with Gasteiger partial charge in [0.05, 0.1) is 58.6 Å². The van der Waals surface area contributed by atoms with E-state index in [-0.39, 0.29) is 117 Å². The molecule has 0 radical (unpaired) electrons. The van der Waals surface area contributed by atoms with E-state index >= 15 is 0 Å². The summed E-state index contributed by atoms with van der Waals surface area (Å²) in [5.74, 6) is -3.28. The van der Waals surface area contributed by atoms with Gasteiger partial charge in [-0.15, -0.1) is 0 Å². The number of anilines is 4. The molecule has 2 saturated carbocycles. The van der Waals surface area contributed by atoms with Gasteiger partial charge < -0.3 is 74.0 Å². The summed E-state index contributed by atoms with van der Waals surface area (Å²) < 4.78 is 9.58. The summed E-state index contributed by atoms with van der Waals surface area (Å²) in [4.78, 5) is 187. The van der Waals surface area contributed by atoms with Gasteiger partial charge in [-0.05, 0) is 147 Å². The molecule has 3 aliphatic rings. The zero-order valence-corrected chi connectivity index (χ0v) is 72.9. The number of aromatic nitrogens is 12. The molecule has 11 heterocycles. The lowest BCUT2D eigenvalue weighted by molar-refractivity contribution is -0.155. The van der Waals surface area contributed by atoms with Crippen LogP contribution in [0.2, 0.25) is 20.1 Å². The van der Waals surface area contributed by atoms with Gasteiger partial charge in [0.1, 0.15) is 99.3 Å². The molecule has 0 unspecified atom stereocenters. The lowest BCUT2D eigenvalue weighted by Gasteiger charge is -2.45. The van der Waals surface area contributed by atoms with Gasteiger partial charge in [-0.1, -0.05) is 109 Å². The van der Waals surface area contributed by atoms with Crippen LogP contribution >= 0.6 is 46.4 Å². The number of likely N-dealkylation sites (tertiary alicyclic amines) is 1. The van der Waals surface area contributed by atoms with Crippen LogP contribution in [-0.2, 0) is 76.3 Å². The number of esters is 1. The van der Waals surface area contributed by atoms with Crippen molar-refractivity contribution in [2.24, 2.45) is 5.41 Å². The minimum absolute atomic E-state index is 0.0355. The minimum atomic E-state index is -1.26. The molecule has 14 aromatic rings. The number of halogens is 4. The molecule has 0 bridgehead atoms. The molecule has 16 N–H and O–H groups in total. The van der Waals surface area contributed by atoms with Crippen molar-refractivity contribution in [3.63, 3.8) is 0 Å². The van der Waals surface area contributed by atoms with Gasteiger partial charge in [0.15, 0.2) is 0 Å². The Kier molecular flexibility index (Phi) is 26.4. The summed E-state index contributed by atoms with van der Waals surface area (Å²) >= 11 is 23.5. The van der Waals surface area contributed by atoms with E-state index < -0.39 is 89.0 Å². The van der Waals surface area contributed by atoms with E-state index in [4.69, 9.17) is 84.2 Å². The molecular weight excluding hydrogens is 1740 g/mol. The number of aromatic amines is 2. The normalized spacial score (nSPS) is 13.3. The molecule has 129 heavy (non-hydrogen) atoms. The number of aliphatic carboxylic acids is 2. The minimum Gasteiger partial charge on any atom is -0.480 e. The number of nitrogens with zero attached hydrogens (tertiary/aromatic N) is 11. The number of carboxylic acid groups (broad SMARTS) is 2. The van der Waals surface area contributed by atoms with Gasteiger partial charge in [0.2, 0.25) is 5.91 Å². The highest BCUT2D eigenvalue weighted by atomic mass is 35.5. The first-order valence-corrected chi connectivity index (χ1v) is 41.9. The van der Waals surface area contributed by atoms with Crippen molar-refractivity contribution in [1.82, 2.24) is 84.3 Å². The van der Waals surface area contributed by atoms with Crippen LogP contribution in [0, 0.1) is 5.41 Å². The van der Waals surface area contributed by atoms with Gasteiger partial charge in [-0.2, -0.15) is 0 Å². The van der Waals surface area contributed by atoms with Crippen molar-refractivity contribution < 1.29 is 53.3 Å². The molecule has 664 valence electrons. The number of pyridine rings is 8. The highest BCUT2D eigenvalue weighted by Crippen LogP contribution is 2.41. The van der Waals surface area contributed by atoms with Gasteiger partial charge in [0, 0.05) is 92.7 Å². The van der Waals surface area contributed by atoms with Crippen molar-refractivity contribution in [3.05, 3.63) is 264 Å². The number of rotatable bonds is 22. The third-order valence-electron chi connectivity index (χ3n) is 21.1. The maximum Gasteiger partial charge on any atom is 0.326 e. The fraction of sp³-hybridized carbons (Fsp3) is 0.258. The zero-order chi connectivity index (χ0) is 92.4. The molecule has 1 aliphatic heterocycles. The summed E-state index contributed by atoms with van der Waals surface area (Å²) in [6.45, 7) is 9.38. The van der Waals surface area contributed by atoms with Crippen LogP contribution in [0.4, 0.5) is 22.7 Å². The van der Waals surface area contributed by atoms with Gasteiger partial charge >= 0.3 is 17.9 Å². The summed E-state index contributed by atoms with van der Waals surface area (Å²) in [6, 6.07) is 33.4. The molecule has 40 heteroatoms. The molecule has 4 aromatic carbocycles. The molecule has 10 aromatic heterocycles. The van der Waals surface area contributed by atoms with Crippen molar-refractivity contribution >= 4 is 183 Å². The number of hydrogen-bond acceptors (Lipinski definition) is 23. The number of carbonyl (C=O) groups excluding carboxylic acids is 6. The summed E-state index contributed by atoms with van der Waals surface area (Å²) in [6.07, 6.45) is 9.96. The summed E-state index contributed by atoms with van der Waals surface area (Å²) in [5, 5.41) is 33.1. The van der Waals surface area contributed by atoms with Crippen LogP contribution in [0.1, 0.15) is 147 Å². The number of imidazole rings is 2. The van der Waals surface area contributed by atoms with Crippen molar-refractivity contribution in [1.29, 1.82) is 0 Å². The highest BCUT2D eigenvalue weighted by Gasteiger charge is 2.38. The number of nitrogens with two attached hydrogens (primary N) is 4. The first-order valence-electron chi connectivity index (χ1n) is 40.4. The molecule has 17 rings (SSSR count). The Morgan fingerprint density at radius 3 is 1.02 bits per heavy atom. The average Bonchev–Trinajstić information content (AvgIpc) is 1.70. The number of H-pyrrole nitrogens is 2. The van der Waals surface area contributed by atoms with Gasteiger partial charge in [-0.3, -0.25) is 75.8 Å². The Hall–Kier alpha value is -14.6. The van der Waals surface area contributed by atoms with E-state index in [9.17, 15) is 62.6 Å². The molecule has 2 aliphatic carbocycles. The maximum atomic E-state index is 13.6. The Labute approximate surface area is 751 Å². The fourth-order valence-corrected chi connectivity index (χ4v) is 14.8. The topological polar surface area (TPSA) is 539 Å². The number of ether oxygens (including phenoxy) is 1. The second kappa shape index (κ2) is 37.5. The molecule has 36 nitrogen and oxygen atoms in total. The maximum absolute atomic E-state index is 13.6. The first kappa shape index (κ1) is 90.6. The Morgan fingerprint density at radius 2 is 0.729 bits per heavy atom. The van der Waals surface area contributed by atoms with Gasteiger partial charge in [-0.25, -0.2) is 29.9 Å². The molecule has 1 saturated heterocycles. The Balaban J connectivity index is 0.000000140. The predicted molar refractivity (Wildman–Crippen MR) is 487 cm³/mol. The summed E-state index contributed by atoms with van der Waals surface area (Å²) in [7, 11) is 0. The number of carbonyl (C=O) groups is 8. The third-order valence-corrected chi connectivity index (χ3v) is 22.1. The van der Waals surface area contributed by atoms with Crippen LogP contribution in [0.5, 0.6) is 0 Å². The van der Waals surface area contributed by atoms with E-state index in [1.807, 2.05) is 12.1 Å². The van der Waals surface area contributed by atoms with E-state index in [1.165, 1.54) is 41.4 Å². The first-order chi connectivity index (χ1) is 61.3. The number of hydrogen-bond donors (Lipinski definition) is 12. The number of carboxylic acids is 2. The molecule has 0 atom stereocenters. The largest absolute Gasteiger partial charge is 0.480 e. The molecule has 5 amide bonds. The van der Waals surface area contributed by atoms with Crippen molar-refractivity contribution in [2.45, 2.75) is 130 Å². The smallest absolute Gasteiger partial charge is 0.326 e. The second-order valence-electron chi connectivity index (χ2n) is 32.9. The molecule has 3 fully saturated rings. The quantitative estimate of drug-likeness (QED) is 0.0281. The summed E-state index contributed by atoms with van der Waals surface area (Å²) in [5.41, 5.74) is 26.6. The monoisotopic (exact) mass is 1830 g/mol. The molecule has 0 spiro atoms. The number of fused-ring (bicyclic) bond motifs is 8. The van der Waals surface area contributed by atoms with E-state index in [1.54, 1.807) is 123 Å². The Bertz CT molecular complexity index is 7120. The lowest BCUT2D eigenvalue weighted by Crippen LogP contribution is -2.56. The predicted octanol–water partition coefficient (Wildman–Crippen LogP) is 10.1. The van der Waals surface area contributed by atoms with E-state index in [0.29, 0.717) is 78.0 Å². The van der Waals surface area contributed by atoms with Crippen LogP contribution < -0.4 is 66.4 Å². The standard InChI is InChI=1S/C27H27ClN6O3.C22H18ClN5O4.C22H24ClN5O4.C18H16ClN5O4/c1-27(2)13-33(14-27)21(35)12-34-24-18(22-20(11-29-24)31-23(32-22)16-5-6-16)9-19(26(34)37)25(36)30-10-15-3-7-17(28)8-4-15;23-13-5-1-11(2-6-13)8-25-21(31)15-7-14-18-16(26-19(27-18)12-3-4-12)9-24-20(14)28(22(15)32)10-17(29)30;1-22(2,3)32-17(29)11-28-19-14(18(25)16(24)10-26-19)8-15(21(28)31)20(30)27-9-12-4-6-13(23)7-5-12;19-10-3-1-9(2-4-10)6-23-17(27)12-5-11-15(21)13(20)7-22-16(11)24(18(12)28)8-14(25)26/h3-4,7-9,11,16H,5-6,10,12-14H2,1-2H3,(H,30,36)(H,31,32);1-2,5-7,9,12H,3-4,8,10H2,(H,25,31)(H,26,27)(H,29,30);4-8,10H,9,11,24H2,1-3H3,(H2,25,26)(H,27,30);1-5,7H,6,8,20H2,(H2,21,22)(H,23,27)(H,25,26). The van der Waals surface area contributed by atoms with Crippen LogP contribution in [-0.4, -0.2) is 139 Å².